The van der Waals surface area contributed by atoms with Crippen molar-refractivity contribution in [3.05, 3.63) is 35.2 Å². The van der Waals surface area contributed by atoms with E-state index >= 15 is 0 Å². The minimum atomic E-state index is -1.07. The van der Waals surface area contributed by atoms with Crippen LogP contribution in [-0.4, -0.2) is 41.5 Å². The van der Waals surface area contributed by atoms with E-state index in [0.717, 1.165) is 17.0 Å². The molecule has 130 valence electrons. The zero-order chi connectivity index (χ0) is 18.0. The van der Waals surface area contributed by atoms with Crippen molar-refractivity contribution >= 4 is 28.3 Å². The molecule has 3 heterocycles. The first-order valence-electron chi connectivity index (χ1n) is 7.45. The van der Waals surface area contributed by atoms with Gasteiger partial charge in [-0.05, 0) is 13.0 Å². The first kappa shape index (κ1) is 16.8. The number of aromatic carboxylic acids is 1. The molecule has 0 aliphatic heterocycles. The fourth-order valence-electron chi connectivity index (χ4n) is 2.39. The van der Waals surface area contributed by atoms with Crippen molar-refractivity contribution in [2.45, 2.75) is 19.9 Å². The van der Waals surface area contributed by atoms with Crippen molar-refractivity contribution in [1.82, 2.24) is 24.5 Å². The SMILES string of the molecule is Cc1nn(C)cc1-c1csc(NC(=O)CCn2nccc2C(=O)O)n1. The molecule has 3 aromatic heterocycles. The van der Waals surface area contributed by atoms with Crippen molar-refractivity contribution in [1.29, 1.82) is 0 Å². The predicted octanol–water partition coefficient (Wildman–Crippen LogP) is 1.78. The number of anilines is 1. The number of rotatable bonds is 6. The number of carboxylic acid groups (broad SMARTS) is 1. The van der Waals surface area contributed by atoms with E-state index in [0.29, 0.717) is 5.13 Å². The monoisotopic (exact) mass is 360 g/mol. The molecule has 10 heteroatoms. The van der Waals surface area contributed by atoms with Gasteiger partial charge in [0, 0.05) is 36.8 Å². The van der Waals surface area contributed by atoms with Crippen molar-refractivity contribution in [2.24, 2.45) is 7.05 Å². The number of carboxylic acids is 1. The summed E-state index contributed by atoms with van der Waals surface area (Å²) in [5, 5.41) is 22.3. The quantitative estimate of drug-likeness (QED) is 0.692. The summed E-state index contributed by atoms with van der Waals surface area (Å²) in [7, 11) is 1.84. The maximum atomic E-state index is 12.1. The summed E-state index contributed by atoms with van der Waals surface area (Å²) in [6.07, 6.45) is 3.37. The Labute approximate surface area is 146 Å². The summed E-state index contributed by atoms with van der Waals surface area (Å²) in [5.41, 5.74) is 2.59. The molecule has 0 aliphatic rings. The lowest BCUT2D eigenvalue weighted by Crippen LogP contribution is -2.17. The predicted molar refractivity (Wildman–Crippen MR) is 91.5 cm³/mol. The Morgan fingerprint density at radius 2 is 2.20 bits per heavy atom. The van der Waals surface area contributed by atoms with E-state index in [1.165, 1.54) is 28.3 Å². The van der Waals surface area contributed by atoms with Gasteiger partial charge in [0.25, 0.3) is 0 Å². The Balaban J connectivity index is 1.61. The van der Waals surface area contributed by atoms with E-state index in [1.807, 2.05) is 25.5 Å². The van der Waals surface area contributed by atoms with E-state index < -0.39 is 5.97 Å². The molecule has 0 aromatic carbocycles. The average molecular weight is 360 g/mol. The van der Waals surface area contributed by atoms with E-state index in [9.17, 15) is 9.59 Å². The number of aryl methyl sites for hydroxylation is 3. The molecule has 3 rings (SSSR count). The minimum absolute atomic E-state index is 0.0522. The second kappa shape index (κ2) is 6.85. The molecule has 1 amide bonds. The van der Waals surface area contributed by atoms with Crippen LogP contribution in [0.5, 0.6) is 0 Å². The van der Waals surface area contributed by atoms with Crippen molar-refractivity contribution in [3.63, 3.8) is 0 Å². The number of nitrogens with zero attached hydrogens (tertiary/aromatic N) is 5. The highest BCUT2D eigenvalue weighted by atomic mass is 32.1. The van der Waals surface area contributed by atoms with Gasteiger partial charge in [-0.25, -0.2) is 9.78 Å². The lowest BCUT2D eigenvalue weighted by Gasteiger charge is -2.04. The average Bonchev–Trinajstić information content (AvgIpc) is 3.25. The van der Waals surface area contributed by atoms with Gasteiger partial charge in [0.1, 0.15) is 5.69 Å². The van der Waals surface area contributed by atoms with Gasteiger partial charge < -0.3 is 10.4 Å². The molecule has 0 saturated heterocycles. The summed E-state index contributed by atoms with van der Waals surface area (Å²) >= 11 is 1.33. The Kier molecular flexibility index (Phi) is 4.61. The molecule has 0 bridgehead atoms. The normalized spacial score (nSPS) is 10.8. The number of amides is 1. The third-order valence-corrected chi connectivity index (χ3v) is 4.28. The smallest absolute Gasteiger partial charge is 0.354 e. The van der Waals surface area contributed by atoms with Gasteiger partial charge in [0.2, 0.25) is 5.91 Å². The number of thiazole rings is 1. The standard InChI is InChI=1S/C15H16N6O3S/c1-9-10(7-20(2)19-9)11-8-25-15(17-11)18-13(22)4-6-21-12(14(23)24)3-5-16-21/h3,5,7-8H,4,6H2,1-2H3,(H,23,24)(H,17,18,22). The Hall–Kier alpha value is -3.01. The minimum Gasteiger partial charge on any atom is -0.477 e. The zero-order valence-electron chi connectivity index (χ0n) is 13.6. The maximum Gasteiger partial charge on any atom is 0.354 e. The number of carbonyl (C=O) groups is 2. The van der Waals surface area contributed by atoms with Gasteiger partial charge in [0.05, 0.1) is 17.9 Å². The van der Waals surface area contributed by atoms with Crippen molar-refractivity contribution in [3.8, 4) is 11.3 Å². The zero-order valence-corrected chi connectivity index (χ0v) is 14.4. The second-order valence-electron chi connectivity index (χ2n) is 5.38. The Morgan fingerprint density at radius 1 is 1.40 bits per heavy atom. The molecule has 0 unspecified atom stereocenters. The fourth-order valence-corrected chi connectivity index (χ4v) is 3.11. The van der Waals surface area contributed by atoms with Crippen molar-refractivity contribution < 1.29 is 14.7 Å². The van der Waals surface area contributed by atoms with Crippen LogP contribution < -0.4 is 5.32 Å². The van der Waals surface area contributed by atoms with Crippen LogP contribution in [0.25, 0.3) is 11.3 Å². The van der Waals surface area contributed by atoms with Gasteiger partial charge in [0.15, 0.2) is 5.13 Å². The van der Waals surface area contributed by atoms with Gasteiger partial charge in [-0.2, -0.15) is 10.2 Å². The molecule has 2 N–H and O–H groups in total. The summed E-state index contributed by atoms with van der Waals surface area (Å²) < 4.78 is 3.00. The van der Waals surface area contributed by atoms with E-state index in [2.05, 4.69) is 20.5 Å². The summed E-state index contributed by atoms with van der Waals surface area (Å²) in [6.45, 7) is 2.08. The number of hydrogen-bond donors (Lipinski definition) is 2. The molecule has 0 saturated carbocycles. The Bertz CT molecular complexity index is 925. The van der Waals surface area contributed by atoms with Gasteiger partial charge in [-0.1, -0.05) is 0 Å². The van der Waals surface area contributed by atoms with Crippen LogP contribution in [0.3, 0.4) is 0 Å². The van der Waals surface area contributed by atoms with Crippen molar-refractivity contribution in [2.75, 3.05) is 5.32 Å². The highest BCUT2D eigenvalue weighted by Gasteiger charge is 2.14. The molecule has 0 spiro atoms. The number of nitrogens with one attached hydrogen (secondary N) is 1. The van der Waals surface area contributed by atoms with Gasteiger partial charge >= 0.3 is 5.97 Å². The molecule has 3 aromatic rings. The van der Waals surface area contributed by atoms with E-state index in [1.54, 1.807) is 4.68 Å². The highest BCUT2D eigenvalue weighted by molar-refractivity contribution is 7.14. The molecule has 0 aliphatic carbocycles. The fraction of sp³-hybridized carbons (Fsp3) is 0.267. The van der Waals surface area contributed by atoms with Gasteiger partial charge in [-0.3, -0.25) is 14.2 Å². The number of carbonyl (C=O) groups excluding carboxylic acids is 1. The number of hydrogen-bond acceptors (Lipinski definition) is 6. The van der Waals surface area contributed by atoms with Crippen LogP contribution in [0.15, 0.2) is 23.8 Å². The third-order valence-electron chi connectivity index (χ3n) is 3.53. The lowest BCUT2D eigenvalue weighted by molar-refractivity contribution is -0.116. The van der Waals surface area contributed by atoms with Gasteiger partial charge in [-0.15, -0.1) is 11.3 Å². The number of aromatic nitrogens is 5. The molecule has 25 heavy (non-hydrogen) atoms. The van der Waals surface area contributed by atoms with Crippen LogP contribution >= 0.6 is 11.3 Å². The first-order chi connectivity index (χ1) is 11.9. The second-order valence-corrected chi connectivity index (χ2v) is 6.24. The topological polar surface area (TPSA) is 115 Å². The van der Waals surface area contributed by atoms with Crippen LogP contribution in [0.2, 0.25) is 0 Å². The summed E-state index contributed by atoms with van der Waals surface area (Å²) in [5.74, 6) is -1.33. The van der Waals surface area contributed by atoms with Crippen LogP contribution in [0, 0.1) is 6.92 Å². The molecular formula is C15H16N6O3S. The molecular weight excluding hydrogens is 344 g/mol. The molecule has 0 atom stereocenters. The van der Waals surface area contributed by atoms with Crippen LogP contribution in [0.4, 0.5) is 5.13 Å². The largest absolute Gasteiger partial charge is 0.477 e. The molecule has 9 nitrogen and oxygen atoms in total. The van der Waals surface area contributed by atoms with E-state index in [4.69, 9.17) is 5.11 Å². The highest BCUT2D eigenvalue weighted by Crippen LogP contribution is 2.26. The third kappa shape index (κ3) is 3.74. The summed E-state index contributed by atoms with van der Waals surface area (Å²) in [4.78, 5) is 27.5. The van der Waals surface area contributed by atoms with E-state index in [-0.39, 0.29) is 24.6 Å². The van der Waals surface area contributed by atoms with Crippen LogP contribution in [-0.2, 0) is 18.4 Å². The van der Waals surface area contributed by atoms with Crippen LogP contribution in [0.1, 0.15) is 22.6 Å². The lowest BCUT2D eigenvalue weighted by atomic mass is 10.2. The first-order valence-corrected chi connectivity index (χ1v) is 8.33. The Morgan fingerprint density at radius 3 is 2.88 bits per heavy atom. The molecule has 0 radical (unpaired) electrons. The molecule has 0 fully saturated rings. The summed E-state index contributed by atoms with van der Waals surface area (Å²) in [6, 6.07) is 1.39. The maximum absolute atomic E-state index is 12.1.